The van der Waals surface area contributed by atoms with Gasteiger partial charge in [-0.15, -0.1) is 0 Å². The topological polar surface area (TPSA) is 80.4 Å². The molecule has 6 nitrogen and oxygen atoms in total. The summed E-state index contributed by atoms with van der Waals surface area (Å²) in [5.74, 6) is -0.465. The molecule has 1 fully saturated rings. The van der Waals surface area contributed by atoms with E-state index in [0.717, 1.165) is 54.1 Å². The lowest BCUT2D eigenvalue weighted by Gasteiger charge is -2.36. The van der Waals surface area contributed by atoms with E-state index in [1.165, 1.54) is 5.52 Å². The van der Waals surface area contributed by atoms with Crippen LogP contribution in [0.3, 0.4) is 0 Å². The SMILES string of the molecule is CCCCCNC(=O)N1CCCC1(C(N)=O)c1ccc2c(c1)c1ccccc1n2CC. The summed E-state index contributed by atoms with van der Waals surface area (Å²) in [5.41, 5.74) is 7.97. The second-order valence-electron chi connectivity index (χ2n) is 8.41. The Morgan fingerprint density at radius 1 is 1.06 bits per heavy atom. The maximum absolute atomic E-state index is 13.0. The fraction of sp³-hybridized carbons (Fsp3) is 0.440. The summed E-state index contributed by atoms with van der Waals surface area (Å²) in [7, 11) is 0. The summed E-state index contributed by atoms with van der Waals surface area (Å²) >= 11 is 0. The average molecular weight is 421 g/mol. The minimum Gasteiger partial charge on any atom is -0.367 e. The average Bonchev–Trinajstić information content (AvgIpc) is 3.36. The number of hydrogen-bond acceptors (Lipinski definition) is 2. The molecule has 6 heteroatoms. The highest BCUT2D eigenvalue weighted by Gasteiger charge is 2.50. The van der Waals surface area contributed by atoms with E-state index in [4.69, 9.17) is 5.73 Å². The molecular formula is C25H32N4O2. The minimum atomic E-state index is -1.11. The molecule has 0 radical (unpaired) electrons. The lowest BCUT2D eigenvalue weighted by atomic mass is 9.85. The van der Waals surface area contributed by atoms with Gasteiger partial charge in [-0.05, 0) is 49.9 Å². The molecule has 1 aliphatic heterocycles. The van der Waals surface area contributed by atoms with Crippen LogP contribution in [0.1, 0.15) is 51.5 Å². The first-order valence-electron chi connectivity index (χ1n) is 11.4. The van der Waals surface area contributed by atoms with E-state index < -0.39 is 11.4 Å². The first-order chi connectivity index (χ1) is 15.0. The number of aromatic nitrogens is 1. The quantitative estimate of drug-likeness (QED) is 0.552. The number of hydrogen-bond donors (Lipinski definition) is 2. The second-order valence-corrected chi connectivity index (χ2v) is 8.41. The van der Waals surface area contributed by atoms with Gasteiger partial charge in [0.2, 0.25) is 5.91 Å². The number of carbonyl (C=O) groups is 2. The number of benzene rings is 2. The number of nitrogens with zero attached hydrogens (tertiary/aromatic N) is 2. The van der Waals surface area contributed by atoms with E-state index in [0.29, 0.717) is 19.5 Å². The van der Waals surface area contributed by atoms with Gasteiger partial charge >= 0.3 is 6.03 Å². The zero-order valence-corrected chi connectivity index (χ0v) is 18.5. The van der Waals surface area contributed by atoms with Crippen molar-refractivity contribution in [3.8, 4) is 0 Å². The summed E-state index contributed by atoms with van der Waals surface area (Å²) in [5, 5.41) is 5.23. The van der Waals surface area contributed by atoms with Crippen LogP contribution in [0.4, 0.5) is 4.79 Å². The molecule has 4 rings (SSSR count). The maximum Gasteiger partial charge on any atom is 0.318 e. The van der Waals surface area contributed by atoms with Gasteiger partial charge in [-0.1, -0.05) is 44.0 Å². The van der Waals surface area contributed by atoms with Crippen molar-refractivity contribution in [2.24, 2.45) is 5.73 Å². The van der Waals surface area contributed by atoms with Crippen LogP contribution in [-0.4, -0.2) is 34.5 Å². The lowest BCUT2D eigenvalue weighted by Crippen LogP contribution is -2.56. The molecule has 1 aliphatic rings. The highest BCUT2D eigenvalue weighted by molar-refractivity contribution is 6.08. The number of para-hydroxylation sites is 1. The van der Waals surface area contributed by atoms with E-state index in [9.17, 15) is 9.59 Å². The van der Waals surface area contributed by atoms with Crippen molar-refractivity contribution in [2.75, 3.05) is 13.1 Å². The molecule has 2 aromatic carbocycles. The Labute approximate surface area is 183 Å². The van der Waals surface area contributed by atoms with Crippen LogP contribution in [0.25, 0.3) is 21.8 Å². The summed E-state index contributed by atoms with van der Waals surface area (Å²) < 4.78 is 2.28. The van der Waals surface area contributed by atoms with Gasteiger partial charge in [0, 0.05) is 41.4 Å². The van der Waals surface area contributed by atoms with E-state index in [2.05, 4.69) is 48.0 Å². The number of nitrogens with one attached hydrogen (secondary N) is 1. The van der Waals surface area contributed by atoms with Crippen molar-refractivity contribution in [1.82, 2.24) is 14.8 Å². The molecule has 1 atom stereocenters. The van der Waals surface area contributed by atoms with Crippen molar-refractivity contribution >= 4 is 33.7 Å². The molecule has 3 amide bonds. The van der Waals surface area contributed by atoms with Crippen LogP contribution in [0.2, 0.25) is 0 Å². The Hall–Kier alpha value is -3.02. The predicted octanol–water partition coefficient (Wildman–Crippen LogP) is 4.49. The smallest absolute Gasteiger partial charge is 0.318 e. The number of carbonyl (C=O) groups excluding carboxylic acids is 2. The van der Waals surface area contributed by atoms with Crippen LogP contribution >= 0.6 is 0 Å². The molecule has 3 N–H and O–H groups in total. The number of likely N-dealkylation sites (tertiary alicyclic amines) is 1. The van der Waals surface area contributed by atoms with Gasteiger partial charge in [0.05, 0.1) is 0 Å². The Bertz CT molecular complexity index is 1120. The number of aryl methyl sites for hydroxylation is 1. The summed E-state index contributed by atoms with van der Waals surface area (Å²) in [6.07, 6.45) is 4.39. The normalized spacial score (nSPS) is 18.7. The van der Waals surface area contributed by atoms with Gasteiger partial charge in [-0.3, -0.25) is 4.79 Å². The highest BCUT2D eigenvalue weighted by atomic mass is 16.2. The Balaban J connectivity index is 1.78. The molecule has 1 aromatic heterocycles. The van der Waals surface area contributed by atoms with Crippen molar-refractivity contribution in [1.29, 1.82) is 0 Å². The number of unbranched alkanes of at least 4 members (excludes halogenated alkanes) is 2. The zero-order valence-electron chi connectivity index (χ0n) is 18.5. The van der Waals surface area contributed by atoms with Crippen molar-refractivity contribution in [3.05, 3.63) is 48.0 Å². The summed E-state index contributed by atoms with van der Waals surface area (Å²) in [6, 6.07) is 14.2. The van der Waals surface area contributed by atoms with Crippen molar-refractivity contribution in [3.63, 3.8) is 0 Å². The molecule has 3 aromatic rings. The second kappa shape index (κ2) is 8.61. The third kappa shape index (κ3) is 3.44. The lowest BCUT2D eigenvalue weighted by molar-refractivity contribution is -0.127. The molecular weight excluding hydrogens is 388 g/mol. The van der Waals surface area contributed by atoms with Crippen LogP contribution in [0.15, 0.2) is 42.5 Å². The first kappa shape index (κ1) is 21.2. The molecule has 0 spiro atoms. The van der Waals surface area contributed by atoms with Gasteiger partial charge in [-0.25, -0.2) is 4.79 Å². The Morgan fingerprint density at radius 2 is 1.84 bits per heavy atom. The summed E-state index contributed by atoms with van der Waals surface area (Å²) in [4.78, 5) is 27.6. The van der Waals surface area contributed by atoms with E-state index in [-0.39, 0.29) is 6.03 Å². The minimum absolute atomic E-state index is 0.205. The van der Waals surface area contributed by atoms with Crippen molar-refractivity contribution < 1.29 is 9.59 Å². The fourth-order valence-corrected chi connectivity index (χ4v) is 5.11. The van der Waals surface area contributed by atoms with E-state index in [1.807, 2.05) is 18.2 Å². The van der Waals surface area contributed by atoms with E-state index in [1.54, 1.807) is 4.90 Å². The van der Waals surface area contributed by atoms with Gasteiger partial charge < -0.3 is 20.5 Å². The van der Waals surface area contributed by atoms with Gasteiger partial charge in [0.25, 0.3) is 0 Å². The molecule has 1 unspecified atom stereocenters. The van der Waals surface area contributed by atoms with Gasteiger partial charge in [-0.2, -0.15) is 0 Å². The fourth-order valence-electron chi connectivity index (χ4n) is 5.11. The first-order valence-corrected chi connectivity index (χ1v) is 11.4. The number of nitrogens with two attached hydrogens (primary N) is 1. The summed E-state index contributed by atoms with van der Waals surface area (Å²) in [6.45, 7) is 6.26. The largest absolute Gasteiger partial charge is 0.367 e. The molecule has 164 valence electrons. The van der Waals surface area contributed by atoms with Crippen LogP contribution < -0.4 is 11.1 Å². The van der Waals surface area contributed by atoms with Crippen LogP contribution in [0, 0.1) is 0 Å². The number of primary amides is 1. The van der Waals surface area contributed by atoms with Gasteiger partial charge in [0.15, 0.2) is 0 Å². The number of fused-ring (bicyclic) bond motifs is 3. The zero-order chi connectivity index (χ0) is 22.0. The third-order valence-corrected chi connectivity index (χ3v) is 6.66. The molecule has 2 heterocycles. The van der Waals surface area contributed by atoms with Crippen LogP contribution in [0.5, 0.6) is 0 Å². The maximum atomic E-state index is 13.0. The third-order valence-electron chi connectivity index (χ3n) is 6.66. The number of rotatable bonds is 7. The molecule has 31 heavy (non-hydrogen) atoms. The molecule has 0 aliphatic carbocycles. The predicted molar refractivity (Wildman–Crippen MR) is 125 cm³/mol. The van der Waals surface area contributed by atoms with Gasteiger partial charge in [0.1, 0.15) is 5.54 Å². The number of amides is 3. The molecule has 1 saturated heterocycles. The van der Waals surface area contributed by atoms with Crippen LogP contribution in [-0.2, 0) is 16.9 Å². The highest BCUT2D eigenvalue weighted by Crippen LogP contribution is 2.41. The number of urea groups is 1. The molecule has 0 saturated carbocycles. The van der Waals surface area contributed by atoms with E-state index >= 15 is 0 Å². The Morgan fingerprint density at radius 3 is 2.58 bits per heavy atom. The molecule has 0 bridgehead atoms. The van der Waals surface area contributed by atoms with Crippen molar-refractivity contribution in [2.45, 2.75) is 58.0 Å². The monoisotopic (exact) mass is 420 g/mol. The Kier molecular flexibility index (Phi) is 5.90. The standard InChI is InChI=1S/C25H32N4O2/c1-3-5-8-15-27-24(31)29-16-9-14-25(29,23(26)30)18-12-13-22-20(17-18)19-10-6-7-11-21(19)28(22)4-2/h6-7,10-13,17H,3-5,8-9,14-16H2,1-2H3,(H2,26,30)(H,27,31).